The van der Waals surface area contributed by atoms with E-state index >= 15 is 0 Å². The topological polar surface area (TPSA) is 101 Å². The molecule has 0 saturated carbocycles. The summed E-state index contributed by atoms with van der Waals surface area (Å²) in [5, 5.41) is 4.06. The number of anilines is 1. The number of carbonyl (C=O) groups is 1. The number of carbonyl (C=O) groups excluding carboxylic acids is 1. The van der Waals surface area contributed by atoms with E-state index in [0.29, 0.717) is 31.0 Å². The fourth-order valence-electron chi connectivity index (χ4n) is 2.67. The second kappa shape index (κ2) is 8.66. The number of hydrogen-bond acceptors (Lipinski definition) is 5. The molecule has 0 aliphatic heterocycles. The van der Waals surface area contributed by atoms with Gasteiger partial charge in [0.2, 0.25) is 0 Å². The molecule has 7 nitrogen and oxygen atoms in total. The van der Waals surface area contributed by atoms with Crippen molar-refractivity contribution < 1.29 is 13.2 Å². The molecule has 1 aromatic heterocycles. The molecule has 0 bridgehead atoms. The van der Waals surface area contributed by atoms with Gasteiger partial charge in [-0.3, -0.25) is 9.97 Å². The first kappa shape index (κ1) is 20.9. The van der Waals surface area contributed by atoms with E-state index in [1.54, 1.807) is 24.3 Å². The summed E-state index contributed by atoms with van der Waals surface area (Å²) in [6.45, 7) is 1.95. The maximum Gasteiger partial charge on any atom is 0.333 e. The lowest BCUT2D eigenvalue weighted by atomic mass is 10.2. The first-order chi connectivity index (χ1) is 13.4. The molecule has 0 aliphatic rings. The Kier molecular flexibility index (Phi) is 6.46. The molecule has 3 rings (SSSR count). The third kappa shape index (κ3) is 4.41. The smallest absolute Gasteiger partial charge is 0.306 e. The summed E-state index contributed by atoms with van der Waals surface area (Å²) in [5.41, 5.74) is 1.97. The number of benzene rings is 2. The molecule has 2 atom stereocenters. The SMILES string of the molecule is CPc1cc(Cl)cc(CP)c1NC(=O)NS(=O)(=O)c1cccc2nccnc12. The van der Waals surface area contributed by atoms with E-state index in [4.69, 9.17) is 11.6 Å². The van der Waals surface area contributed by atoms with Gasteiger partial charge in [-0.2, -0.15) is 0 Å². The lowest BCUT2D eigenvalue weighted by Gasteiger charge is -2.16. The Hall–Kier alpha value is -1.85. The van der Waals surface area contributed by atoms with E-state index in [0.717, 1.165) is 10.9 Å². The third-order valence-corrected chi connectivity index (χ3v) is 6.84. The van der Waals surface area contributed by atoms with Crippen molar-refractivity contribution in [3.63, 3.8) is 0 Å². The van der Waals surface area contributed by atoms with Crippen molar-refractivity contribution in [3.05, 3.63) is 53.3 Å². The van der Waals surface area contributed by atoms with Crippen LogP contribution in [0.15, 0.2) is 47.6 Å². The van der Waals surface area contributed by atoms with Crippen molar-refractivity contribution >= 4 is 67.5 Å². The van der Waals surface area contributed by atoms with E-state index in [-0.39, 0.29) is 10.4 Å². The quantitative estimate of drug-likeness (QED) is 0.577. The predicted molar refractivity (Wildman–Crippen MR) is 118 cm³/mol. The predicted octanol–water partition coefficient (Wildman–Crippen LogP) is 3.10. The zero-order chi connectivity index (χ0) is 20.3. The molecule has 2 N–H and O–H groups in total. The average molecular weight is 455 g/mol. The van der Waals surface area contributed by atoms with Crippen LogP contribution in [0.5, 0.6) is 0 Å². The largest absolute Gasteiger partial charge is 0.333 e. The summed E-state index contributed by atoms with van der Waals surface area (Å²) in [5.74, 6) is 0. The van der Waals surface area contributed by atoms with Crippen LogP contribution in [0.4, 0.5) is 10.5 Å². The van der Waals surface area contributed by atoms with E-state index < -0.39 is 16.1 Å². The van der Waals surface area contributed by atoms with Crippen LogP contribution in [0.25, 0.3) is 11.0 Å². The van der Waals surface area contributed by atoms with Gasteiger partial charge >= 0.3 is 6.03 Å². The van der Waals surface area contributed by atoms with Gasteiger partial charge in [0.1, 0.15) is 10.4 Å². The van der Waals surface area contributed by atoms with E-state index in [9.17, 15) is 13.2 Å². The van der Waals surface area contributed by atoms with E-state index in [2.05, 4.69) is 24.5 Å². The van der Waals surface area contributed by atoms with Crippen LogP contribution in [0.3, 0.4) is 0 Å². The molecule has 2 amide bonds. The Morgan fingerprint density at radius 2 is 2.00 bits per heavy atom. The minimum atomic E-state index is -4.15. The fraction of sp³-hybridized carbons (Fsp3) is 0.118. The lowest BCUT2D eigenvalue weighted by molar-refractivity contribution is 0.256. The summed E-state index contributed by atoms with van der Waals surface area (Å²) in [6.07, 6.45) is 3.42. The molecule has 0 aliphatic carbocycles. The molecule has 3 aromatic rings. The van der Waals surface area contributed by atoms with Gasteiger partial charge in [-0.1, -0.05) is 26.2 Å². The van der Waals surface area contributed by atoms with Crippen LogP contribution in [-0.4, -0.2) is 31.1 Å². The van der Waals surface area contributed by atoms with Crippen LogP contribution < -0.4 is 15.3 Å². The monoisotopic (exact) mass is 454 g/mol. The highest BCUT2D eigenvalue weighted by atomic mass is 35.5. The summed E-state index contributed by atoms with van der Waals surface area (Å²) in [7, 11) is -1.21. The Morgan fingerprint density at radius 1 is 1.25 bits per heavy atom. The number of urea groups is 1. The van der Waals surface area contributed by atoms with Crippen molar-refractivity contribution in [2.75, 3.05) is 12.0 Å². The molecule has 2 unspecified atom stereocenters. The molecule has 28 heavy (non-hydrogen) atoms. The Labute approximate surface area is 171 Å². The number of sulfonamides is 1. The first-order valence-electron chi connectivity index (χ1n) is 8.09. The molecule has 146 valence electrons. The molecular weight excluding hydrogens is 438 g/mol. The molecule has 2 aromatic carbocycles. The van der Waals surface area contributed by atoms with Crippen molar-refractivity contribution in [1.82, 2.24) is 14.7 Å². The summed E-state index contributed by atoms with van der Waals surface area (Å²) >= 11 is 6.12. The normalized spacial score (nSPS) is 11.8. The minimum absolute atomic E-state index is 0.117. The van der Waals surface area contributed by atoms with Gasteiger partial charge in [0.25, 0.3) is 10.0 Å². The fourth-order valence-corrected chi connectivity index (χ4v) is 5.17. The van der Waals surface area contributed by atoms with Gasteiger partial charge in [-0.15, -0.1) is 9.24 Å². The second-order valence-electron chi connectivity index (χ2n) is 5.68. The zero-order valence-corrected chi connectivity index (χ0v) is 18.5. The van der Waals surface area contributed by atoms with Gasteiger partial charge < -0.3 is 5.32 Å². The van der Waals surface area contributed by atoms with Crippen LogP contribution in [-0.2, 0) is 16.2 Å². The molecular formula is C17H17ClN4O3P2S. The standard InChI is InChI=1S/C17H17ClN4O3P2S/c1-27-13-8-11(18)7-10(9-26)15(13)21-17(23)22-28(24,25)14-4-2-3-12-16(14)20-6-5-19-12/h2-8,27H,9,26H2,1H3,(H2,21,22,23). The number of hydrogen-bond donors (Lipinski definition) is 2. The van der Waals surface area contributed by atoms with E-state index in [1.165, 1.54) is 18.5 Å². The molecule has 0 spiro atoms. The number of rotatable bonds is 5. The maximum atomic E-state index is 12.7. The van der Waals surface area contributed by atoms with Gasteiger partial charge in [0, 0.05) is 17.4 Å². The van der Waals surface area contributed by atoms with Crippen LogP contribution in [0, 0.1) is 0 Å². The van der Waals surface area contributed by atoms with Crippen molar-refractivity contribution in [2.45, 2.75) is 11.1 Å². The highest BCUT2D eigenvalue weighted by molar-refractivity contribution is 7.90. The Morgan fingerprint density at radius 3 is 2.71 bits per heavy atom. The number of nitrogens with one attached hydrogen (secondary N) is 2. The third-order valence-electron chi connectivity index (χ3n) is 3.89. The molecule has 0 radical (unpaired) electrons. The number of aromatic nitrogens is 2. The van der Waals surface area contributed by atoms with Crippen LogP contribution in [0.2, 0.25) is 5.02 Å². The minimum Gasteiger partial charge on any atom is -0.306 e. The number of para-hydroxylation sites is 1. The zero-order valence-electron chi connectivity index (χ0n) is 14.7. The number of nitrogens with zero attached hydrogens (tertiary/aromatic N) is 2. The molecule has 0 saturated heterocycles. The Bertz CT molecular complexity index is 1130. The van der Waals surface area contributed by atoms with Gasteiger partial charge in [0.15, 0.2) is 0 Å². The van der Waals surface area contributed by atoms with Crippen LogP contribution >= 0.6 is 29.4 Å². The van der Waals surface area contributed by atoms with Crippen LogP contribution in [0.1, 0.15) is 5.56 Å². The number of halogens is 1. The highest BCUT2D eigenvalue weighted by Gasteiger charge is 2.22. The Balaban J connectivity index is 1.91. The van der Waals surface area contributed by atoms with Gasteiger partial charge in [-0.05, 0) is 48.0 Å². The van der Waals surface area contributed by atoms with Crippen molar-refractivity contribution in [2.24, 2.45) is 0 Å². The second-order valence-corrected chi connectivity index (χ2v) is 9.22. The average Bonchev–Trinajstić information content (AvgIpc) is 2.67. The first-order valence-corrected chi connectivity index (χ1v) is 12.3. The molecule has 11 heteroatoms. The van der Waals surface area contributed by atoms with Crippen molar-refractivity contribution in [3.8, 4) is 0 Å². The number of amides is 2. The summed E-state index contributed by atoms with van der Waals surface area (Å²) in [6, 6.07) is 7.21. The molecule has 0 fully saturated rings. The summed E-state index contributed by atoms with van der Waals surface area (Å²) < 4.78 is 27.5. The summed E-state index contributed by atoms with van der Waals surface area (Å²) in [4.78, 5) is 20.5. The van der Waals surface area contributed by atoms with Gasteiger partial charge in [0.05, 0.1) is 11.2 Å². The maximum absolute atomic E-state index is 12.7. The lowest BCUT2D eigenvalue weighted by Crippen LogP contribution is -2.35. The molecule has 1 heterocycles. The van der Waals surface area contributed by atoms with Gasteiger partial charge in [-0.25, -0.2) is 17.9 Å². The number of fused-ring (bicyclic) bond motifs is 1. The van der Waals surface area contributed by atoms with Crippen molar-refractivity contribution in [1.29, 1.82) is 0 Å². The van der Waals surface area contributed by atoms with E-state index in [1.807, 2.05) is 11.4 Å². The highest BCUT2D eigenvalue weighted by Crippen LogP contribution is 2.26.